The van der Waals surface area contributed by atoms with Crippen molar-refractivity contribution >= 4 is 28.2 Å². The van der Waals surface area contributed by atoms with Crippen LogP contribution in [0.2, 0.25) is 5.02 Å². The van der Waals surface area contributed by atoms with Gasteiger partial charge in [0.1, 0.15) is 0 Å². The summed E-state index contributed by atoms with van der Waals surface area (Å²) >= 11 is 6.10. The van der Waals surface area contributed by atoms with Gasteiger partial charge in [0.2, 0.25) is 0 Å². The highest BCUT2D eigenvalue weighted by Gasteiger charge is 2.09. The van der Waals surface area contributed by atoms with Crippen molar-refractivity contribution < 1.29 is 0 Å². The molecule has 0 bridgehead atoms. The molecule has 0 fully saturated rings. The Morgan fingerprint density at radius 3 is 2.69 bits per heavy atom. The van der Waals surface area contributed by atoms with Crippen LogP contribution in [0.15, 0.2) is 12.1 Å². The first-order valence-corrected chi connectivity index (χ1v) is 4.52. The molecule has 0 aliphatic heterocycles. The Morgan fingerprint density at radius 2 is 2.00 bits per heavy atom. The number of hydrogen-bond acceptors (Lipinski definition) is 1. The molecule has 0 aliphatic rings. The van der Waals surface area contributed by atoms with E-state index in [9.17, 15) is 0 Å². The number of fused-ring (bicyclic) bond motifs is 1. The lowest BCUT2D eigenvalue weighted by Crippen LogP contribution is -1.86. The second kappa shape index (κ2) is 2.67. The predicted molar refractivity (Wildman–Crippen MR) is 57.2 cm³/mol. The largest absolute Gasteiger partial charge is 0.398 e. The molecule has 0 atom stereocenters. The van der Waals surface area contributed by atoms with Crippen molar-refractivity contribution in [2.75, 3.05) is 5.73 Å². The van der Waals surface area contributed by atoms with Gasteiger partial charge in [-0.2, -0.15) is 0 Å². The molecule has 0 radical (unpaired) electrons. The highest BCUT2D eigenvalue weighted by Crippen LogP contribution is 2.32. The maximum absolute atomic E-state index is 6.10. The molecule has 2 nitrogen and oxygen atoms in total. The Kier molecular flexibility index (Phi) is 1.74. The predicted octanol–water partition coefficient (Wildman–Crippen LogP) is 3.02. The van der Waals surface area contributed by atoms with Gasteiger partial charge in [0.25, 0.3) is 0 Å². The van der Waals surface area contributed by atoms with Crippen LogP contribution < -0.4 is 5.73 Å². The number of rotatable bonds is 0. The van der Waals surface area contributed by atoms with Crippen molar-refractivity contribution in [3.63, 3.8) is 0 Å². The molecule has 0 amide bonds. The molecule has 1 aromatic heterocycles. The smallest absolute Gasteiger partial charge is 0.0731 e. The molecule has 3 N–H and O–H groups in total. The van der Waals surface area contributed by atoms with Gasteiger partial charge in [-0.1, -0.05) is 11.6 Å². The van der Waals surface area contributed by atoms with Gasteiger partial charge in [0, 0.05) is 16.6 Å². The summed E-state index contributed by atoms with van der Waals surface area (Å²) < 4.78 is 0. The van der Waals surface area contributed by atoms with E-state index in [1.807, 2.05) is 26.0 Å². The number of benzene rings is 1. The summed E-state index contributed by atoms with van der Waals surface area (Å²) in [7, 11) is 0. The molecule has 3 heteroatoms. The number of hydrogen-bond donors (Lipinski definition) is 2. The molecule has 1 heterocycles. The van der Waals surface area contributed by atoms with Crippen molar-refractivity contribution in [3.8, 4) is 0 Å². The monoisotopic (exact) mass is 194 g/mol. The number of anilines is 1. The van der Waals surface area contributed by atoms with Gasteiger partial charge in [-0.25, -0.2) is 0 Å². The van der Waals surface area contributed by atoms with Gasteiger partial charge in [-0.05, 0) is 31.5 Å². The van der Waals surface area contributed by atoms with E-state index >= 15 is 0 Å². The van der Waals surface area contributed by atoms with Crippen LogP contribution in [-0.2, 0) is 0 Å². The first-order valence-electron chi connectivity index (χ1n) is 4.14. The van der Waals surface area contributed by atoms with Gasteiger partial charge in [-0.15, -0.1) is 0 Å². The molecule has 0 spiro atoms. The maximum atomic E-state index is 6.10. The number of nitrogens with one attached hydrogen (secondary N) is 1. The third-order valence-electron chi connectivity index (χ3n) is 2.43. The van der Waals surface area contributed by atoms with Crippen LogP contribution in [0.1, 0.15) is 11.3 Å². The fraction of sp³-hybridized carbons (Fsp3) is 0.200. The molecule has 0 unspecified atom stereocenters. The SMILES string of the molecule is Cc1[nH]c2ccc(N)c(Cl)c2c1C. The van der Waals surface area contributed by atoms with Crippen LogP contribution in [0.5, 0.6) is 0 Å². The fourth-order valence-corrected chi connectivity index (χ4v) is 1.85. The van der Waals surface area contributed by atoms with Gasteiger partial charge in [0.15, 0.2) is 0 Å². The molecule has 0 saturated carbocycles. The Morgan fingerprint density at radius 1 is 1.31 bits per heavy atom. The highest BCUT2D eigenvalue weighted by molar-refractivity contribution is 6.38. The Labute approximate surface area is 81.7 Å². The van der Waals surface area contributed by atoms with E-state index in [0.29, 0.717) is 10.7 Å². The van der Waals surface area contributed by atoms with E-state index in [2.05, 4.69) is 4.98 Å². The lowest BCUT2D eigenvalue weighted by Gasteiger charge is -1.99. The number of halogens is 1. The van der Waals surface area contributed by atoms with Crippen molar-refractivity contribution in [1.29, 1.82) is 0 Å². The summed E-state index contributed by atoms with van der Waals surface area (Å²) in [5.74, 6) is 0. The van der Waals surface area contributed by atoms with Crippen molar-refractivity contribution in [1.82, 2.24) is 4.98 Å². The molecule has 13 heavy (non-hydrogen) atoms. The average Bonchev–Trinajstić information content (AvgIpc) is 2.37. The normalized spacial score (nSPS) is 11.0. The third kappa shape index (κ3) is 1.10. The number of nitrogen functional groups attached to an aromatic ring is 1. The van der Waals surface area contributed by atoms with Crippen LogP contribution in [0.25, 0.3) is 10.9 Å². The molecule has 0 aliphatic carbocycles. The van der Waals surface area contributed by atoms with Crippen molar-refractivity contribution in [2.24, 2.45) is 0 Å². The number of aromatic nitrogens is 1. The molecular formula is C10H11ClN2. The van der Waals surface area contributed by atoms with E-state index in [1.54, 1.807) is 0 Å². The Balaban J connectivity index is 2.97. The molecule has 0 saturated heterocycles. The quantitative estimate of drug-likeness (QED) is 0.622. The first-order chi connectivity index (χ1) is 6.11. The van der Waals surface area contributed by atoms with Crippen LogP contribution >= 0.6 is 11.6 Å². The van der Waals surface area contributed by atoms with Crippen LogP contribution in [0.4, 0.5) is 5.69 Å². The Bertz CT molecular complexity index is 471. The number of aromatic amines is 1. The average molecular weight is 195 g/mol. The van der Waals surface area contributed by atoms with Crippen molar-refractivity contribution in [2.45, 2.75) is 13.8 Å². The van der Waals surface area contributed by atoms with E-state index in [1.165, 1.54) is 5.56 Å². The maximum Gasteiger partial charge on any atom is 0.0731 e. The number of H-pyrrole nitrogens is 1. The lowest BCUT2D eigenvalue weighted by atomic mass is 10.1. The molecule has 68 valence electrons. The minimum atomic E-state index is 0.635. The standard InChI is InChI=1S/C10H11ClN2/c1-5-6(2)13-8-4-3-7(12)10(11)9(5)8/h3-4,13H,12H2,1-2H3. The van der Waals surface area contributed by atoms with Gasteiger partial charge in [-0.3, -0.25) is 0 Å². The zero-order valence-corrected chi connectivity index (χ0v) is 8.37. The molecular weight excluding hydrogens is 184 g/mol. The third-order valence-corrected chi connectivity index (χ3v) is 2.84. The summed E-state index contributed by atoms with van der Waals surface area (Å²) in [6, 6.07) is 3.77. The molecule has 2 rings (SSSR count). The number of aryl methyl sites for hydroxylation is 2. The zero-order chi connectivity index (χ0) is 9.59. The summed E-state index contributed by atoms with van der Waals surface area (Å²) in [4.78, 5) is 3.25. The minimum absolute atomic E-state index is 0.635. The van der Waals surface area contributed by atoms with Gasteiger partial charge in [0.05, 0.1) is 10.7 Å². The molecule has 1 aromatic carbocycles. The van der Waals surface area contributed by atoms with Crippen molar-refractivity contribution in [3.05, 3.63) is 28.4 Å². The van der Waals surface area contributed by atoms with E-state index in [-0.39, 0.29) is 0 Å². The van der Waals surface area contributed by atoms with Crippen LogP contribution in [0.3, 0.4) is 0 Å². The zero-order valence-electron chi connectivity index (χ0n) is 7.61. The number of nitrogens with two attached hydrogens (primary N) is 1. The van der Waals surface area contributed by atoms with E-state index in [4.69, 9.17) is 17.3 Å². The second-order valence-corrected chi connectivity index (χ2v) is 3.64. The summed E-state index contributed by atoms with van der Waals surface area (Å²) in [5, 5.41) is 1.69. The highest BCUT2D eigenvalue weighted by atomic mass is 35.5. The summed E-state index contributed by atoms with van der Waals surface area (Å²) in [6.07, 6.45) is 0. The van der Waals surface area contributed by atoms with E-state index < -0.39 is 0 Å². The van der Waals surface area contributed by atoms with Crippen LogP contribution in [-0.4, -0.2) is 4.98 Å². The minimum Gasteiger partial charge on any atom is -0.398 e. The first kappa shape index (κ1) is 8.45. The molecule has 2 aromatic rings. The Hall–Kier alpha value is -1.15. The van der Waals surface area contributed by atoms with Gasteiger partial charge < -0.3 is 10.7 Å². The van der Waals surface area contributed by atoms with Crippen LogP contribution in [0, 0.1) is 13.8 Å². The second-order valence-electron chi connectivity index (χ2n) is 3.27. The van der Waals surface area contributed by atoms with E-state index in [0.717, 1.165) is 16.6 Å². The fourth-order valence-electron chi connectivity index (χ4n) is 1.55. The summed E-state index contributed by atoms with van der Waals surface area (Å²) in [5.41, 5.74) is 9.72. The lowest BCUT2D eigenvalue weighted by molar-refractivity contribution is 1.25. The summed E-state index contributed by atoms with van der Waals surface area (Å²) in [6.45, 7) is 4.07. The van der Waals surface area contributed by atoms with Gasteiger partial charge >= 0.3 is 0 Å². The topological polar surface area (TPSA) is 41.8 Å².